The molecule has 0 unspecified atom stereocenters. The Hall–Kier alpha value is -1.35. The molecule has 15 heavy (non-hydrogen) atoms. The van der Waals surface area contributed by atoms with Gasteiger partial charge in [-0.2, -0.15) is 0 Å². The molecule has 0 bridgehead atoms. The van der Waals surface area contributed by atoms with Crippen molar-refractivity contribution in [3.63, 3.8) is 0 Å². The lowest BCUT2D eigenvalue weighted by molar-refractivity contribution is 0.367. The molecule has 0 saturated carbocycles. The van der Waals surface area contributed by atoms with Gasteiger partial charge in [-0.3, -0.25) is 0 Å². The summed E-state index contributed by atoms with van der Waals surface area (Å²) in [5.41, 5.74) is 3.63. The lowest BCUT2D eigenvalue weighted by Gasteiger charge is -2.31. The average Bonchev–Trinajstić information content (AvgIpc) is 2.56. The Labute approximate surface area is 89.1 Å². The van der Waals surface area contributed by atoms with Gasteiger partial charge in [-0.1, -0.05) is 6.07 Å². The van der Waals surface area contributed by atoms with Crippen LogP contribution in [0.2, 0.25) is 0 Å². The van der Waals surface area contributed by atoms with Crippen LogP contribution in [0.3, 0.4) is 0 Å². The van der Waals surface area contributed by atoms with Gasteiger partial charge < -0.3 is 9.72 Å². The minimum Gasteiger partial charge on any atom is -0.306 e. The molecular weight excluding hydrogens is 186 g/mol. The zero-order valence-electron chi connectivity index (χ0n) is 9.12. The SMILES string of the molecule is CC1(C)NCCc2nc3ccccn3c21. The maximum atomic E-state index is 4.67. The van der Waals surface area contributed by atoms with Gasteiger partial charge in [0.25, 0.3) is 0 Å². The van der Waals surface area contributed by atoms with E-state index in [1.54, 1.807) is 0 Å². The van der Waals surface area contributed by atoms with Crippen molar-refractivity contribution in [2.75, 3.05) is 6.54 Å². The summed E-state index contributed by atoms with van der Waals surface area (Å²) >= 11 is 0. The molecule has 0 aliphatic carbocycles. The second-order valence-electron chi connectivity index (χ2n) is 4.64. The van der Waals surface area contributed by atoms with Crippen LogP contribution < -0.4 is 5.32 Å². The fourth-order valence-corrected chi connectivity index (χ4v) is 2.46. The Morgan fingerprint density at radius 3 is 3.13 bits per heavy atom. The smallest absolute Gasteiger partial charge is 0.137 e. The number of aromatic nitrogens is 2. The molecule has 3 heterocycles. The molecule has 0 amide bonds. The topological polar surface area (TPSA) is 29.3 Å². The maximum Gasteiger partial charge on any atom is 0.137 e. The molecule has 3 nitrogen and oxygen atoms in total. The van der Waals surface area contributed by atoms with Crippen molar-refractivity contribution in [3.05, 3.63) is 35.8 Å². The molecule has 0 spiro atoms. The lowest BCUT2D eigenvalue weighted by Crippen LogP contribution is -2.43. The summed E-state index contributed by atoms with van der Waals surface area (Å²) in [6, 6.07) is 6.16. The third-order valence-corrected chi connectivity index (χ3v) is 3.12. The van der Waals surface area contributed by atoms with Gasteiger partial charge in [0.15, 0.2) is 0 Å². The van der Waals surface area contributed by atoms with E-state index in [1.165, 1.54) is 11.4 Å². The van der Waals surface area contributed by atoms with E-state index in [1.807, 2.05) is 6.07 Å². The average molecular weight is 201 g/mol. The second-order valence-corrected chi connectivity index (χ2v) is 4.64. The minimum atomic E-state index is 0.0222. The summed E-state index contributed by atoms with van der Waals surface area (Å²) in [4.78, 5) is 4.67. The first-order valence-electron chi connectivity index (χ1n) is 5.40. The third-order valence-electron chi connectivity index (χ3n) is 3.12. The highest BCUT2D eigenvalue weighted by Gasteiger charge is 2.31. The van der Waals surface area contributed by atoms with Crippen LogP contribution in [0.15, 0.2) is 24.4 Å². The van der Waals surface area contributed by atoms with Crippen LogP contribution in [0, 0.1) is 0 Å². The van der Waals surface area contributed by atoms with E-state index in [9.17, 15) is 0 Å². The van der Waals surface area contributed by atoms with Gasteiger partial charge in [0.1, 0.15) is 5.65 Å². The van der Waals surface area contributed by atoms with E-state index in [0.717, 1.165) is 18.6 Å². The Morgan fingerprint density at radius 1 is 1.40 bits per heavy atom. The van der Waals surface area contributed by atoms with Gasteiger partial charge in [0, 0.05) is 19.2 Å². The highest BCUT2D eigenvalue weighted by atomic mass is 15.1. The molecule has 0 saturated heterocycles. The van der Waals surface area contributed by atoms with Crippen LogP contribution in [0.5, 0.6) is 0 Å². The van der Waals surface area contributed by atoms with Crippen molar-refractivity contribution < 1.29 is 0 Å². The summed E-state index contributed by atoms with van der Waals surface area (Å²) in [5, 5.41) is 3.53. The molecule has 3 rings (SSSR count). The van der Waals surface area contributed by atoms with Crippen molar-refractivity contribution >= 4 is 5.65 Å². The first-order chi connectivity index (χ1) is 7.18. The molecular formula is C12H15N3. The Balaban J connectivity index is 2.37. The predicted molar refractivity (Wildman–Crippen MR) is 59.9 cm³/mol. The highest BCUT2D eigenvalue weighted by Crippen LogP contribution is 2.28. The first kappa shape index (κ1) is 8.92. The predicted octanol–water partition coefficient (Wildman–Crippen LogP) is 1.72. The fourth-order valence-electron chi connectivity index (χ4n) is 2.46. The summed E-state index contributed by atoms with van der Waals surface area (Å²) in [7, 11) is 0. The van der Waals surface area contributed by atoms with Gasteiger partial charge in [-0.15, -0.1) is 0 Å². The van der Waals surface area contributed by atoms with E-state index in [2.05, 4.69) is 46.9 Å². The quantitative estimate of drug-likeness (QED) is 0.703. The van der Waals surface area contributed by atoms with Crippen LogP contribution in [0.1, 0.15) is 25.2 Å². The van der Waals surface area contributed by atoms with Crippen molar-refractivity contribution in [1.29, 1.82) is 0 Å². The van der Waals surface area contributed by atoms with Crippen LogP contribution in [-0.4, -0.2) is 15.9 Å². The third kappa shape index (κ3) is 1.20. The zero-order chi connectivity index (χ0) is 10.5. The van der Waals surface area contributed by atoms with Gasteiger partial charge in [0.2, 0.25) is 0 Å². The number of imidazole rings is 1. The summed E-state index contributed by atoms with van der Waals surface area (Å²) in [5.74, 6) is 0. The summed E-state index contributed by atoms with van der Waals surface area (Å²) in [6.45, 7) is 5.45. The summed E-state index contributed by atoms with van der Waals surface area (Å²) < 4.78 is 2.20. The van der Waals surface area contributed by atoms with E-state index in [0.29, 0.717) is 0 Å². The van der Waals surface area contributed by atoms with Crippen molar-refractivity contribution in [2.45, 2.75) is 25.8 Å². The molecule has 0 radical (unpaired) electrons. The molecule has 2 aromatic rings. The lowest BCUT2D eigenvalue weighted by atomic mass is 9.93. The number of fused-ring (bicyclic) bond motifs is 3. The Bertz CT molecular complexity index is 511. The fraction of sp³-hybridized carbons (Fsp3) is 0.417. The molecule has 2 aromatic heterocycles. The molecule has 0 atom stereocenters. The maximum absolute atomic E-state index is 4.67. The Morgan fingerprint density at radius 2 is 2.27 bits per heavy atom. The standard InChI is InChI=1S/C12H15N3/c1-12(2)11-9(6-7-13-12)14-10-5-3-4-8-15(10)11/h3-5,8,13H,6-7H2,1-2H3. The van der Waals surface area contributed by atoms with Crippen molar-refractivity contribution in [2.24, 2.45) is 0 Å². The van der Waals surface area contributed by atoms with Gasteiger partial charge in [-0.05, 0) is 26.0 Å². The van der Waals surface area contributed by atoms with Crippen molar-refractivity contribution in [1.82, 2.24) is 14.7 Å². The van der Waals surface area contributed by atoms with Crippen LogP contribution in [-0.2, 0) is 12.0 Å². The highest BCUT2D eigenvalue weighted by molar-refractivity contribution is 5.45. The number of rotatable bonds is 0. The van der Waals surface area contributed by atoms with E-state index >= 15 is 0 Å². The van der Waals surface area contributed by atoms with E-state index in [-0.39, 0.29) is 5.54 Å². The first-order valence-corrected chi connectivity index (χ1v) is 5.40. The number of nitrogens with zero attached hydrogens (tertiary/aromatic N) is 2. The molecule has 1 N–H and O–H groups in total. The van der Waals surface area contributed by atoms with Gasteiger partial charge in [-0.25, -0.2) is 4.98 Å². The van der Waals surface area contributed by atoms with Gasteiger partial charge in [0.05, 0.1) is 16.9 Å². The molecule has 0 fully saturated rings. The number of nitrogens with one attached hydrogen (secondary N) is 1. The molecule has 1 aliphatic rings. The molecule has 1 aliphatic heterocycles. The Kier molecular flexibility index (Phi) is 1.68. The largest absolute Gasteiger partial charge is 0.306 e. The van der Waals surface area contributed by atoms with Crippen LogP contribution in [0.25, 0.3) is 5.65 Å². The molecule has 3 heteroatoms. The van der Waals surface area contributed by atoms with Crippen LogP contribution >= 0.6 is 0 Å². The van der Waals surface area contributed by atoms with Gasteiger partial charge >= 0.3 is 0 Å². The monoisotopic (exact) mass is 201 g/mol. The zero-order valence-corrected chi connectivity index (χ0v) is 9.12. The summed E-state index contributed by atoms with van der Waals surface area (Å²) in [6.07, 6.45) is 3.12. The van der Waals surface area contributed by atoms with E-state index in [4.69, 9.17) is 0 Å². The number of hydrogen-bond donors (Lipinski definition) is 1. The normalized spacial score (nSPS) is 19.1. The molecule has 78 valence electrons. The minimum absolute atomic E-state index is 0.0222. The number of hydrogen-bond acceptors (Lipinski definition) is 2. The van der Waals surface area contributed by atoms with Crippen LogP contribution in [0.4, 0.5) is 0 Å². The number of pyridine rings is 1. The molecule has 0 aromatic carbocycles. The van der Waals surface area contributed by atoms with E-state index < -0.39 is 0 Å². The second kappa shape index (κ2) is 2.83. The van der Waals surface area contributed by atoms with Crippen molar-refractivity contribution in [3.8, 4) is 0 Å².